The van der Waals surface area contributed by atoms with E-state index in [9.17, 15) is 0 Å². The van der Waals surface area contributed by atoms with Gasteiger partial charge in [0.25, 0.3) is 0 Å². The number of aromatic nitrogens is 1. The van der Waals surface area contributed by atoms with E-state index < -0.39 is 0 Å². The van der Waals surface area contributed by atoms with Crippen LogP contribution in [0, 0.1) is 0 Å². The summed E-state index contributed by atoms with van der Waals surface area (Å²) in [5.41, 5.74) is 2.25. The van der Waals surface area contributed by atoms with E-state index in [-0.39, 0.29) is 18.0 Å². The summed E-state index contributed by atoms with van der Waals surface area (Å²) in [6.07, 6.45) is 2.14. The summed E-state index contributed by atoms with van der Waals surface area (Å²) >= 11 is 5.24. The lowest BCUT2D eigenvalue weighted by Crippen LogP contribution is -2.32. The van der Waals surface area contributed by atoms with Crippen molar-refractivity contribution in [2.45, 2.75) is 38.2 Å². The van der Waals surface area contributed by atoms with Crippen molar-refractivity contribution in [1.82, 2.24) is 4.98 Å². The van der Waals surface area contributed by atoms with Gasteiger partial charge in [0.15, 0.2) is 0 Å². The van der Waals surface area contributed by atoms with Gasteiger partial charge in [-0.15, -0.1) is 23.7 Å². The first-order valence-electron chi connectivity index (χ1n) is 6.89. The SMILES string of the molecule is CC1(C)CC(c2nc(-c3ccc(Br)cc3)cs2)CCO1.Cl. The number of hydrogen-bond acceptors (Lipinski definition) is 3. The summed E-state index contributed by atoms with van der Waals surface area (Å²) in [6, 6.07) is 8.34. The Morgan fingerprint density at radius 3 is 2.67 bits per heavy atom. The first-order valence-corrected chi connectivity index (χ1v) is 8.56. The van der Waals surface area contributed by atoms with Crippen molar-refractivity contribution in [3.05, 3.63) is 39.1 Å². The number of thiazole rings is 1. The molecule has 21 heavy (non-hydrogen) atoms. The fourth-order valence-electron chi connectivity index (χ4n) is 2.67. The molecule has 1 aromatic heterocycles. The Morgan fingerprint density at radius 2 is 2.00 bits per heavy atom. The lowest BCUT2D eigenvalue weighted by molar-refractivity contribution is -0.0593. The van der Waals surface area contributed by atoms with E-state index in [1.165, 1.54) is 10.6 Å². The van der Waals surface area contributed by atoms with Crippen LogP contribution < -0.4 is 0 Å². The molecule has 114 valence electrons. The van der Waals surface area contributed by atoms with E-state index in [0.29, 0.717) is 5.92 Å². The fraction of sp³-hybridized carbons (Fsp3) is 0.438. The number of hydrogen-bond donors (Lipinski definition) is 0. The molecule has 1 fully saturated rings. The third-order valence-electron chi connectivity index (χ3n) is 3.71. The maximum Gasteiger partial charge on any atom is 0.0965 e. The Hall–Kier alpha value is -0.420. The van der Waals surface area contributed by atoms with Crippen LogP contribution in [0.3, 0.4) is 0 Å². The highest BCUT2D eigenvalue weighted by Gasteiger charge is 2.31. The Morgan fingerprint density at radius 1 is 1.29 bits per heavy atom. The van der Waals surface area contributed by atoms with E-state index in [1.807, 2.05) is 0 Å². The fourth-order valence-corrected chi connectivity index (χ4v) is 3.90. The van der Waals surface area contributed by atoms with E-state index >= 15 is 0 Å². The summed E-state index contributed by atoms with van der Waals surface area (Å²) in [5.74, 6) is 0.535. The average Bonchev–Trinajstić information content (AvgIpc) is 2.88. The zero-order chi connectivity index (χ0) is 14.2. The van der Waals surface area contributed by atoms with E-state index in [2.05, 4.69) is 59.4 Å². The molecule has 2 aromatic rings. The lowest BCUT2D eigenvalue weighted by Gasteiger charge is -2.34. The number of halogens is 2. The molecular weight excluding hydrogens is 370 g/mol. The molecule has 5 heteroatoms. The van der Waals surface area contributed by atoms with Gasteiger partial charge in [0.2, 0.25) is 0 Å². The van der Waals surface area contributed by atoms with Gasteiger partial charge in [-0.1, -0.05) is 28.1 Å². The van der Waals surface area contributed by atoms with Crippen LogP contribution in [0.5, 0.6) is 0 Å². The summed E-state index contributed by atoms with van der Waals surface area (Å²) in [4.78, 5) is 4.85. The molecule has 0 spiro atoms. The van der Waals surface area contributed by atoms with Crippen molar-refractivity contribution in [2.75, 3.05) is 6.61 Å². The number of rotatable bonds is 2. The number of ether oxygens (including phenoxy) is 1. The van der Waals surface area contributed by atoms with Gasteiger partial charge in [0.05, 0.1) is 16.3 Å². The van der Waals surface area contributed by atoms with Gasteiger partial charge in [-0.05, 0) is 38.8 Å². The van der Waals surface area contributed by atoms with E-state index in [4.69, 9.17) is 9.72 Å². The molecule has 0 amide bonds. The van der Waals surface area contributed by atoms with Crippen LogP contribution in [-0.4, -0.2) is 17.2 Å². The summed E-state index contributed by atoms with van der Waals surface area (Å²) < 4.78 is 6.89. The number of benzene rings is 1. The summed E-state index contributed by atoms with van der Waals surface area (Å²) in [5, 5.41) is 3.42. The molecule has 1 aromatic carbocycles. The molecule has 1 unspecified atom stereocenters. The first-order chi connectivity index (χ1) is 9.53. The van der Waals surface area contributed by atoms with Gasteiger partial charge in [-0.25, -0.2) is 4.98 Å². The molecule has 1 atom stereocenters. The molecule has 0 aliphatic carbocycles. The van der Waals surface area contributed by atoms with Crippen molar-refractivity contribution in [1.29, 1.82) is 0 Å². The monoisotopic (exact) mass is 387 g/mol. The van der Waals surface area contributed by atoms with Gasteiger partial charge in [-0.2, -0.15) is 0 Å². The predicted molar refractivity (Wildman–Crippen MR) is 94.5 cm³/mol. The summed E-state index contributed by atoms with van der Waals surface area (Å²) in [6.45, 7) is 5.18. The lowest BCUT2D eigenvalue weighted by atomic mass is 9.89. The second kappa shape index (κ2) is 6.78. The Bertz CT molecular complexity index is 597. The molecule has 0 N–H and O–H groups in total. The van der Waals surface area contributed by atoms with Crippen molar-refractivity contribution in [3.8, 4) is 11.3 Å². The molecular formula is C16H19BrClNOS. The van der Waals surface area contributed by atoms with Gasteiger partial charge in [0.1, 0.15) is 0 Å². The molecule has 2 nitrogen and oxygen atoms in total. The first kappa shape index (κ1) is 16.9. The van der Waals surface area contributed by atoms with Crippen molar-refractivity contribution in [3.63, 3.8) is 0 Å². The molecule has 0 bridgehead atoms. The van der Waals surface area contributed by atoms with Crippen LogP contribution in [0.25, 0.3) is 11.3 Å². The quantitative estimate of drug-likeness (QED) is 0.661. The van der Waals surface area contributed by atoms with Crippen molar-refractivity contribution in [2.24, 2.45) is 0 Å². The molecule has 1 aliphatic rings. The third-order valence-corrected chi connectivity index (χ3v) is 5.24. The van der Waals surface area contributed by atoms with E-state index in [0.717, 1.165) is 29.6 Å². The molecule has 1 aliphatic heterocycles. The summed E-state index contributed by atoms with van der Waals surface area (Å²) in [7, 11) is 0. The van der Waals surface area contributed by atoms with E-state index in [1.54, 1.807) is 11.3 Å². The molecule has 0 saturated carbocycles. The normalized spacial score (nSPS) is 20.8. The minimum atomic E-state index is -0.0215. The highest BCUT2D eigenvalue weighted by atomic mass is 79.9. The van der Waals surface area contributed by atoms with Crippen LogP contribution in [0.4, 0.5) is 0 Å². The smallest absolute Gasteiger partial charge is 0.0965 e. The minimum absolute atomic E-state index is 0. The standard InChI is InChI=1S/C16H18BrNOS.ClH/c1-16(2)9-12(7-8-19-16)15-18-14(10-20-15)11-3-5-13(17)6-4-11;/h3-6,10,12H,7-9H2,1-2H3;1H. The zero-order valence-electron chi connectivity index (χ0n) is 12.1. The van der Waals surface area contributed by atoms with Crippen molar-refractivity contribution >= 4 is 39.7 Å². The van der Waals surface area contributed by atoms with Gasteiger partial charge >= 0.3 is 0 Å². The molecule has 2 heterocycles. The van der Waals surface area contributed by atoms with Gasteiger partial charge < -0.3 is 4.74 Å². The van der Waals surface area contributed by atoms with Crippen LogP contribution >= 0.6 is 39.7 Å². The Labute approximate surface area is 144 Å². The minimum Gasteiger partial charge on any atom is -0.376 e. The highest BCUT2D eigenvalue weighted by molar-refractivity contribution is 9.10. The zero-order valence-corrected chi connectivity index (χ0v) is 15.4. The second-order valence-electron chi connectivity index (χ2n) is 5.88. The van der Waals surface area contributed by atoms with Crippen molar-refractivity contribution < 1.29 is 4.74 Å². The number of nitrogens with zero attached hydrogens (tertiary/aromatic N) is 1. The largest absolute Gasteiger partial charge is 0.376 e. The average molecular weight is 389 g/mol. The maximum absolute atomic E-state index is 5.79. The van der Waals surface area contributed by atoms with Crippen LogP contribution in [0.1, 0.15) is 37.6 Å². The predicted octanol–water partition coefficient (Wildman–Crippen LogP) is 5.67. The topological polar surface area (TPSA) is 22.1 Å². The molecule has 0 radical (unpaired) electrons. The third kappa shape index (κ3) is 4.07. The second-order valence-corrected chi connectivity index (χ2v) is 7.68. The highest BCUT2D eigenvalue weighted by Crippen LogP contribution is 2.38. The maximum atomic E-state index is 5.79. The van der Waals surface area contributed by atoms with Crippen LogP contribution in [-0.2, 0) is 4.74 Å². The van der Waals surface area contributed by atoms with Crippen LogP contribution in [0.2, 0.25) is 0 Å². The Kier molecular flexibility index (Phi) is 5.47. The van der Waals surface area contributed by atoms with Crippen LogP contribution in [0.15, 0.2) is 34.1 Å². The molecule has 1 saturated heterocycles. The Balaban J connectivity index is 0.00000161. The van der Waals surface area contributed by atoms with Gasteiger partial charge in [-0.3, -0.25) is 0 Å². The molecule has 3 rings (SSSR count). The van der Waals surface area contributed by atoms with Gasteiger partial charge in [0, 0.05) is 27.9 Å².